The standard InChI is InChI=1S/C18H27N3O2/c1-13(2)17(18(23)21-10-8-15(19)9-11-21)20-16(22)12-14-6-4-3-5-7-14/h3-7,13,15,17H,8-12,19H2,1-2H3,(H,20,22). The van der Waals surface area contributed by atoms with Crippen LogP contribution < -0.4 is 11.1 Å². The third-order valence-corrected chi connectivity index (χ3v) is 4.31. The molecule has 1 atom stereocenters. The Hall–Kier alpha value is -1.88. The normalized spacial score (nSPS) is 17.1. The Balaban J connectivity index is 1.95. The number of amides is 2. The molecule has 126 valence electrons. The smallest absolute Gasteiger partial charge is 0.245 e. The molecular formula is C18H27N3O2. The molecule has 1 fully saturated rings. The molecule has 1 aliphatic heterocycles. The minimum Gasteiger partial charge on any atom is -0.344 e. The molecule has 1 aromatic rings. The average Bonchev–Trinajstić information content (AvgIpc) is 2.53. The second-order valence-corrected chi connectivity index (χ2v) is 6.61. The van der Waals surface area contributed by atoms with Crippen LogP contribution in [0.25, 0.3) is 0 Å². The predicted octanol–water partition coefficient (Wildman–Crippen LogP) is 1.32. The van der Waals surface area contributed by atoms with Crippen molar-refractivity contribution in [2.24, 2.45) is 11.7 Å². The maximum Gasteiger partial charge on any atom is 0.245 e. The van der Waals surface area contributed by atoms with Gasteiger partial charge in [-0.25, -0.2) is 0 Å². The predicted molar refractivity (Wildman–Crippen MR) is 90.7 cm³/mol. The lowest BCUT2D eigenvalue weighted by atomic mass is 9.99. The first-order valence-corrected chi connectivity index (χ1v) is 8.35. The number of nitrogens with one attached hydrogen (secondary N) is 1. The van der Waals surface area contributed by atoms with E-state index in [0.717, 1.165) is 18.4 Å². The molecule has 0 bridgehead atoms. The van der Waals surface area contributed by atoms with Gasteiger partial charge in [0.15, 0.2) is 0 Å². The second-order valence-electron chi connectivity index (χ2n) is 6.61. The molecule has 23 heavy (non-hydrogen) atoms. The number of nitrogens with two attached hydrogens (primary N) is 1. The number of rotatable bonds is 5. The minimum absolute atomic E-state index is 0.00770. The zero-order valence-corrected chi connectivity index (χ0v) is 14.0. The van der Waals surface area contributed by atoms with Gasteiger partial charge in [-0.05, 0) is 24.3 Å². The largest absolute Gasteiger partial charge is 0.344 e. The van der Waals surface area contributed by atoms with Crippen molar-refractivity contribution in [1.29, 1.82) is 0 Å². The van der Waals surface area contributed by atoms with Gasteiger partial charge in [0.25, 0.3) is 0 Å². The molecule has 1 aliphatic rings. The summed E-state index contributed by atoms with van der Waals surface area (Å²) in [5.41, 5.74) is 6.84. The molecule has 0 saturated carbocycles. The molecule has 5 nitrogen and oxygen atoms in total. The van der Waals surface area contributed by atoms with Gasteiger partial charge in [0.05, 0.1) is 6.42 Å². The lowest BCUT2D eigenvalue weighted by Crippen LogP contribution is -2.54. The van der Waals surface area contributed by atoms with Crippen LogP contribution in [0.3, 0.4) is 0 Å². The summed E-state index contributed by atoms with van der Waals surface area (Å²) in [6, 6.07) is 9.28. The lowest BCUT2D eigenvalue weighted by molar-refractivity contribution is -0.138. The highest BCUT2D eigenvalue weighted by molar-refractivity contribution is 5.88. The number of carbonyl (C=O) groups is 2. The molecule has 2 rings (SSSR count). The van der Waals surface area contributed by atoms with Gasteiger partial charge in [-0.1, -0.05) is 44.2 Å². The van der Waals surface area contributed by atoms with Crippen LogP contribution in [0.2, 0.25) is 0 Å². The average molecular weight is 317 g/mol. The number of hydrogen-bond donors (Lipinski definition) is 2. The molecule has 2 amide bonds. The molecule has 0 radical (unpaired) electrons. The van der Waals surface area contributed by atoms with Crippen molar-refractivity contribution in [2.75, 3.05) is 13.1 Å². The first-order chi connectivity index (χ1) is 11.0. The van der Waals surface area contributed by atoms with Crippen molar-refractivity contribution in [1.82, 2.24) is 10.2 Å². The van der Waals surface area contributed by atoms with E-state index >= 15 is 0 Å². The number of nitrogens with zero attached hydrogens (tertiary/aromatic N) is 1. The molecule has 1 aromatic carbocycles. The van der Waals surface area contributed by atoms with Crippen LogP contribution in [-0.2, 0) is 16.0 Å². The minimum atomic E-state index is -0.472. The SMILES string of the molecule is CC(C)C(NC(=O)Cc1ccccc1)C(=O)N1CCC(N)CC1. The van der Waals surface area contributed by atoms with Gasteiger partial charge in [-0.3, -0.25) is 9.59 Å². The Morgan fingerprint density at radius 3 is 2.39 bits per heavy atom. The van der Waals surface area contributed by atoms with E-state index in [1.165, 1.54) is 0 Å². The fourth-order valence-corrected chi connectivity index (χ4v) is 2.84. The van der Waals surface area contributed by atoms with Crippen molar-refractivity contribution in [3.05, 3.63) is 35.9 Å². The second kappa shape index (κ2) is 8.11. The Labute approximate surface area is 138 Å². The number of benzene rings is 1. The van der Waals surface area contributed by atoms with E-state index in [9.17, 15) is 9.59 Å². The Morgan fingerprint density at radius 1 is 1.22 bits per heavy atom. The maximum absolute atomic E-state index is 12.7. The van der Waals surface area contributed by atoms with E-state index in [2.05, 4.69) is 5.32 Å². The highest BCUT2D eigenvalue weighted by Crippen LogP contribution is 2.13. The summed E-state index contributed by atoms with van der Waals surface area (Å²) in [6.07, 6.45) is 1.95. The highest BCUT2D eigenvalue weighted by Gasteiger charge is 2.30. The van der Waals surface area contributed by atoms with Gasteiger partial charge in [-0.2, -0.15) is 0 Å². The van der Waals surface area contributed by atoms with Gasteiger partial charge >= 0.3 is 0 Å². The van der Waals surface area contributed by atoms with E-state index in [0.29, 0.717) is 19.5 Å². The molecule has 0 aromatic heterocycles. The molecule has 0 spiro atoms. The fourth-order valence-electron chi connectivity index (χ4n) is 2.84. The van der Waals surface area contributed by atoms with E-state index in [1.807, 2.05) is 49.1 Å². The van der Waals surface area contributed by atoms with Gasteiger partial charge in [0.2, 0.25) is 11.8 Å². The lowest BCUT2D eigenvalue weighted by Gasteiger charge is -2.34. The van der Waals surface area contributed by atoms with Crippen LogP contribution in [0.4, 0.5) is 0 Å². The Bertz CT molecular complexity index is 522. The van der Waals surface area contributed by atoms with Crippen molar-refractivity contribution in [3.8, 4) is 0 Å². The van der Waals surface area contributed by atoms with Gasteiger partial charge < -0.3 is 16.0 Å². The van der Waals surface area contributed by atoms with Crippen molar-refractivity contribution < 1.29 is 9.59 Å². The quantitative estimate of drug-likeness (QED) is 0.860. The van der Waals surface area contributed by atoms with Crippen molar-refractivity contribution in [2.45, 2.75) is 45.2 Å². The van der Waals surface area contributed by atoms with Gasteiger partial charge in [0, 0.05) is 19.1 Å². The van der Waals surface area contributed by atoms with Crippen LogP contribution in [0, 0.1) is 5.92 Å². The summed E-state index contributed by atoms with van der Waals surface area (Å²) in [4.78, 5) is 26.8. The first kappa shape index (κ1) is 17.5. The third kappa shape index (κ3) is 5.06. The van der Waals surface area contributed by atoms with Crippen LogP contribution >= 0.6 is 0 Å². The summed E-state index contributed by atoms with van der Waals surface area (Å²) in [5.74, 6) is -0.0527. The molecule has 1 unspecified atom stereocenters. The summed E-state index contributed by atoms with van der Waals surface area (Å²) in [6.45, 7) is 5.28. The van der Waals surface area contributed by atoms with E-state index in [-0.39, 0.29) is 23.8 Å². The van der Waals surface area contributed by atoms with Crippen LogP contribution in [0.1, 0.15) is 32.3 Å². The summed E-state index contributed by atoms with van der Waals surface area (Å²) in [7, 11) is 0. The number of likely N-dealkylation sites (tertiary alicyclic amines) is 1. The third-order valence-electron chi connectivity index (χ3n) is 4.31. The molecule has 5 heteroatoms. The fraction of sp³-hybridized carbons (Fsp3) is 0.556. The zero-order valence-electron chi connectivity index (χ0n) is 14.0. The number of carbonyl (C=O) groups excluding carboxylic acids is 2. The summed E-state index contributed by atoms with van der Waals surface area (Å²) >= 11 is 0. The number of hydrogen-bond acceptors (Lipinski definition) is 3. The zero-order chi connectivity index (χ0) is 16.8. The van der Waals surface area contributed by atoms with E-state index in [4.69, 9.17) is 5.73 Å². The van der Waals surface area contributed by atoms with E-state index < -0.39 is 6.04 Å². The summed E-state index contributed by atoms with van der Waals surface area (Å²) < 4.78 is 0. The van der Waals surface area contributed by atoms with Crippen molar-refractivity contribution >= 4 is 11.8 Å². The molecule has 3 N–H and O–H groups in total. The molecule has 1 heterocycles. The van der Waals surface area contributed by atoms with Gasteiger partial charge in [0.1, 0.15) is 6.04 Å². The van der Waals surface area contributed by atoms with Crippen LogP contribution in [0.15, 0.2) is 30.3 Å². The van der Waals surface area contributed by atoms with Gasteiger partial charge in [-0.15, -0.1) is 0 Å². The van der Waals surface area contributed by atoms with Crippen LogP contribution in [-0.4, -0.2) is 41.9 Å². The summed E-state index contributed by atoms with van der Waals surface area (Å²) in [5, 5.41) is 2.91. The topological polar surface area (TPSA) is 75.4 Å². The Kier molecular flexibility index (Phi) is 6.16. The molecule has 1 saturated heterocycles. The molecule has 0 aliphatic carbocycles. The van der Waals surface area contributed by atoms with Crippen molar-refractivity contribution in [3.63, 3.8) is 0 Å². The maximum atomic E-state index is 12.7. The monoisotopic (exact) mass is 317 g/mol. The Morgan fingerprint density at radius 2 is 1.83 bits per heavy atom. The first-order valence-electron chi connectivity index (χ1n) is 8.35. The number of piperidine rings is 1. The van der Waals surface area contributed by atoms with Crippen LogP contribution in [0.5, 0.6) is 0 Å². The van der Waals surface area contributed by atoms with E-state index in [1.54, 1.807) is 0 Å². The highest BCUT2D eigenvalue weighted by atomic mass is 16.2. The molecular weight excluding hydrogens is 290 g/mol.